The lowest BCUT2D eigenvalue weighted by Crippen LogP contribution is -2.19. The van der Waals surface area contributed by atoms with Crippen LogP contribution in [0, 0.1) is 17.8 Å². The fourth-order valence-corrected chi connectivity index (χ4v) is 2.26. The molecule has 0 aliphatic rings. The van der Waals surface area contributed by atoms with E-state index in [-0.39, 0.29) is 10.8 Å². The van der Waals surface area contributed by atoms with E-state index in [4.69, 9.17) is 0 Å². The summed E-state index contributed by atoms with van der Waals surface area (Å²) in [6, 6.07) is 6.70. The standard InChI is InChI=1S/C15H24.2C5H12/c1-11-12(14(2,3)4)9-8-10-13(11)15(5,6)7;2*1-5(2,3)4/h8-10H,1-7H3;2*1-4H3. The molecule has 1 aromatic carbocycles. The maximum atomic E-state index is 2.28. The molecule has 0 aliphatic carbocycles. The van der Waals surface area contributed by atoms with Gasteiger partial charge >= 0.3 is 0 Å². The summed E-state index contributed by atoms with van der Waals surface area (Å²) in [7, 11) is 0. The quantitative estimate of drug-likeness (QED) is 0.440. The topological polar surface area (TPSA) is 0 Å². The third-order valence-electron chi connectivity index (χ3n) is 2.95. The molecule has 0 N–H and O–H groups in total. The molecule has 0 atom stereocenters. The van der Waals surface area contributed by atoms with Gasteiger partial charge in [-0.15, -0.1) is 0 Å². The van der Waals surface area contributed by atoms with Crippen molar-refractivity contribution in [2.45, 2.75) is 115 Å². The normalized spacial score (nSPS) is 12.6. The van der Waals surface area contributed by atoms with Crippen LogP contribution in [0.15, 0.2) is 18.2 Å². The molecule has 0 spiro atoms. The van der Waals surface area contributed by atoms with E-state index in [1.807, 2.05) is 0 Å². The van der Waals surface area contributed by atoms with Crippen LogP contribution >= 0.6 is 0 Å². The highest BCUT2D eigenvalue weighted by atomic mass is 14.3. The molecule has 0 unspecified atom stereocenters. The zero-order valence-electron chi connectivity index (χ0n) is 20.2. The summed E-state index contributed by atoms with van der Waals surface area (Å²) >= 11 is 0. The molecule has 1 aromatic rings. The average molecular weight is 349 g/mol. The van der Waals surface area contributed by atoms with E-state index in [0.717, 1.165) is 0 Å². The molecular weight excluding hydrogens is 300 g/mol. The van der Waals surface area contributed by atoms with Crippen molar-refractivity contribution >= 4 is 0 Å². The highest BCUT2D eigenvalue weighted by molar-refractivity contribution is 5.41. The second-order valence-corrected chi connectivity index (χ2v) is 12.5. The maximum Gasteiger partial charge on any atom is -0.0129 e. The molecule has 0 heteroatoms. The van der Waals surface area contributed by atoms with E-state index in [2.05, 4.69) is 122 Å². The minimum absolute atomic E-state index is 0.241. The number of rotatable bonds is 0. The van der Waals surface area contributed by atoms with E-state index in [1.54, 1.807) is 0 Å². The van der Waals surface area contributed by atoms with Gasteiger partial charge in [0.25, 0.3) is 0 Å². The Morgan fingerprint density at radius 3 is 0.840 bits per heavy atom. The maximum absolute atomic E-state index is 2.28. The summed E-state index contributed by atoms with van der Waals surface area (Å²) in [6.45, 7) is 33.4. The van der Waals surface area contributed by atoms with Gasteiger partial charge in [0.2, 0.25) is 0 Å². The third-order valence-corrected chi connectivity index (χ3v) is 2.95. The van der Waals surface area contributed by atoms with Gasteiger partial charge in [0.05, 0.1) is 0 Å². The van der Waals surface area contributed by atoms with Crippen LogP contribution in [-0.4, -0.2) is 0 Å². The van der Waals surface area contributed by atoms with Crippen molar-refractivity contribution in [1.82, 2.24) is 0 Å². The molecule has 0 aromatic heterocycles. The van der Waals surface area contributed by atoms with Gasteiger partial charge in [-0.05, 0) is 45.3 Å². The molecule has 1 rings (SSSR count). The molecule has 25 heavy (non-hydrogen) atoms. The highest BCUT2D eigenvalue weighted by Crippen LogP contribution is 2.32. The average Bonchev–Trinajstić information content (AvgIpc) is 2.20. The minimum Gasteiger partial charge on any atom is -0.0617 e. The van der Waals surface area contributed by atoms with Crippen molar-refractivity contribution in [2.75, 3.05) is 0 Å². The molecule has 0 radical (unpaired) electrons. The summed E-state index contributed by atoms with van der Waals surface area (Å²) in [6.07, 6.45) is 0. The molecule has 0 aliphatic heterocycles. The van der Waals surface area contributed by atoms with Gasteiger partial charge in [0.15, 0.2) is 0 Å². The van der Waals surface area contributed by atoms with Crippen molar-refractivity contribution in [3.63, 3.8) is 0 Å². The first-order chi connectivity index (χ1) is 10.6. The Morgan fingerprint density at radius 2 is 0.680 bits per heavy atom. The van der Waals surface area contributed by atoms with Gasteiger partial charge < -0.3 is 0 Å². The Bertz CT molecular complexity index is 435. The molecule has 148 valence electrons. The van der Waals surface area contributed by atoms with Gasteiger partial charge in [-0.2, -0.15) is 0 Å². The SMILES string of the molecule is CC(C)(C)C.CC(C)(C)C.Cc1c(C(C)(C)C)cccc1C(C)(C)C. The van der Waals surface area contributed by atoms with E-state index >= 15 is 0 Å². The number of hydrogen-bond donors (Lipinski definition) is 0. The zero-order valence-corrected chi connectivity index (χ0v) is 20.2. The first kappa shape index (κ1) is 26.4. The molecular formula is C25H48. The Labute approximate surface area is 160 Å². The first-order valence-corrected chi connectivity index (χ1v) is 9.74. The second kappa shape index (κ2) is 9.24. The van der Waals surface area contributed by atoms with Crippen LogP contribution in [0.4, 0.5) is 0 Å². The van der Waals surface area contributed by atoms with Gasteiger partial charge in [-0.25, -0.2) is 0 Å². The lowest BCUT2D eigenvalue weighted by molar-refractivity contribution is 0.469. The Morgan fingerprint density at radius 1 is 0.480 bits per heavy atom. The van der Waals surface area contributed by atoms with Crippen LogP contribution in [0.25, 0.3) is 0 Å². The van der Waals surface area contributed by atoms with Gasteiger partial charge in [-0.3, -0.25) is 0 Å². The Kier molecular flexibility index (Phi) is 9.78. The lowest BCUT2D eigenvalue weighted by atomic mass is 9.77. The summed E-state index contributed by atoms with van der Waals surface area (Å²) in [5.41, 5.74) is 5.87. The van der Waals surface area contributed by atoms with Crippen molar-refractivity contribution < 1.29 is 0 Å². The minimum atomic E-state index is 0.241. The molecule has 0 nitrogen and oxygen atoms in total. The van der Waals surface area contributed by atoms with Crippen LogP contribution in [0.3, 0.4) is 0 Å². The Hall–Kier alpha value is -0.780. The highest BCUT2D eigenvalue weighted by Gasteiger charge is 2.22. The van der Waals surface area contributed by atoms with Crippen molar-refractivity contribution in [3.05, 3.63) is 34.9 Å². The third kappa shape index (κ3) is 16.4. The predicted octanol–water partition coefficient (Wildman–Crippen LogP) is 8.69. The van der Waals surface area contributed by atoms with E-state index in [0.29, 0.717) is 10.8 Å². The first-order valence-electron chi connectivity index (χ1n) is 9.74. The monoisotopic (exact) mass is 348 g/mol. The van der Waals surface area contributed by atoms with Crippen molar-refractivity contribution in [1.29, 1.82) is 0 Å². The van der Waals surface area contributed by atoms with Gasteiger partial charge in [0.1, 0.15) is 0 Å². The van der Waals surface area contributed by atoms with E-state index < -0.39 is 0 Å². The summed E-state index contributed by atoms with van der Waals surface area (Å²) < 4.78 is 0. The zero-order chi connectivity index (χ0) is 20.9. The Balaban J connectivity index is 0. The molecule has 0 fully saturated rings. The predicted molar refractivity (Wildman–Crippen MR) is 119 cm³/mol. The lowest BCUT2D eigenvalue weighted by Gasteiger charge is -2.28. The smallest absolute Gasteiger partial charge is 0.0129 e. The number of hydrogen-bond acceptors (Lipinski definition) is 0. The molecule has 0 saturated carbocycles. The van der Waals surface area contributed by atoms with Gasteiger partial charge in [0, 0.05) is 0 Å². The fourth-order valence-electron chi connectivity index (χ4n) is 2.26. The fraction of sp³-hybridized carbons (Fsp3) is 0.760. The summed E-state index contributed by atoms with van der Waals surface area (Å²) in [4.78, 5) is 0. The van der Waals surface area contributed by atoms with E-state index in [9.17, 15) is 0 Å². The van der Waals surface area contributed by atoms with Gasteiger partial charge in [-0.1, -0.05) is 115 Å². The molecule has 0 amide bonds. The second-order valence-electron chi connectivity index (χ2n) is 12.5. The van der Waals surface area contributed by atoms with Crippen LogP contribution in [0.1, 0.15) is 114 Å². The van der Waals surface area contributed by atoms with Crippen LogP contribution in [0.5, 0.6) is 0 Å². The van der Waals surface area contributed by atoms with Crippen LogP contribution < -0.4 is 0 Å². The molecule has 0 bridgehead atoms. The summed E-state index contributed by atoms with van der Waals surface area (Å²) in [5, 5.41) is 0. The van der Waals surface area contributed by atoms with E-state index in [1.165, 1.54) is 16.7 Å². The van der Waals surface area contributed by atoms with Crippen molar-refractivity contribution in [2.24, 2.45) is 10.8 Å². The number of benzene rings is 1. The molecule has 0 heterocycles. The van der Waals surface area contributed by atoms with Crippen LogP contribution in [0.2, 0.25) is 0 Å². The summed E-state index contributed by atoms with van der Waals surface area (Å²) in [5.74, 6) is 0. The van der Waals surface area contributed by atoms with Crippen molar-refractivity contribution in [3.8, 4) is 0 Å². The largest absolute Gasteiger partial charge is 0.0617 e. The van der Waals surface area contributed by atoms with Crippen LogP contribution in [-0.2, 0) is 10.8 Å². The molecule has 0 saturated heterocycles.